The minimum absolute atomic E-state index is 0.592. The van der Waals surface area contributed by atoms with E-state index in [2.05, 4.69) is 86.1 Å². The van der Waals surface area contributed by atoms with E-state index in [1.807, 2.05) is 19.3 Å². The molecule has 0 aliphatic carbocycles. The summed E-state index contributed by atoms with van der Waals surface area (Å²) in [6.07, 6.45) is 1.88. The van der Waals surface area contributed by atoms with E-state index >= 15 is 0 Å². The average Bonchev–Trinajstić information content (AvgIpc) is 2.92. The largest absolute Gasteiger partial charge is 0.388 e. The zero-order valence-electron chi connectivity index (χ0n) is 20.4. The molecular formula is C28H32N6O. The van der Waals surface area contributed by atoms with Gasteiger partial charge in [-0.05, 0) is 42.0 Å². The number of piperazine rings is 1. The van der Waals surface area contributed by atoms with Crippen molar-refractivity contribution in [1.82, 2.24) is 14.9 Å². The number of hydrogen-bond acceptors (Lipinski definition) is 7. The normalized spacial score (nSPS) is 14.3. The Balaban J connectivity index is 1.31. The number of aromatic nitrogens is 2. The fourth-order valence-electron chi connectivity index (χ4n) is 4.53. The third kappa shape index (κ3) is 5.37. The second-order valence-electron chi connectivity index (χ2n) is 8.76. The first-order chi connectivity index (χ1) is 17.2. The number of ether oxygens (including phenoxy) is 1. The van der Waals surface area contributed by atoms with Gasteiger partial charge in [0.05, 0.1) is 12.1 Å². The second kappa shape index (κ2) is 10.7. The van der Waals surface area contributed by atoms with Crippen molar-refractivity contribution in [2.45, 2.75) is 0 Å². The Labute approximate surface area is 206 Å². The number of nitrogens with one attached hydrogen (secondary N) is 2. The van der Waals surface area contributed by atoms with E-state index in [0.29, 0.717) is 5.95 Å². The van der Waals surface area contributed by atoms with Gasteiger partial charge in [-0.1, -0.05) is 30.3 Å². The van der Waals surface area contributed by atoms with Crippen LogP contribution in [-0.4, -0.2) is 68.4 Å². The van der Waals surface area contributed by atoms with Crippen molar-refractivity contribution in [3.63, 3.8) is 0 Å². The van der Waals surface area contributed by atoms with Crippen molar-refractivity contribution in [2.24, 2.45) is 0 Å². The van der Waals surface area contributed by atoms with Crippen LogP contribution in [0.1, 0.15) is 0 Å². The lowest BCUT2D eigenvalue weighted by Crippen LogP contribution is -2.47. The van der Waals surface area contributed by atoms with Gasteiger partial charge in [-0.3, -0.25) is 4.90 Å². The van der Waals surface area contributed by atoms with Crippen molar-refractivity contribution in [3.8, 4) is 11.1 Å². The van der Waals surface area contributed by atoms with E-state index in [0.717, 1.165) is 72.7 Å². The molecule has 0 spiro atoms. The van der Waals surface area contributed by atoms with E-state index in [9.17, 15) is 0 Å². The molecule has 1 aliphatic heterocycles. The molecule has 1 aromatic heterocycles. The number of anilines is 4. The minimum Gasteiger partial charge on any atom is -0.388 e. The maximum absolute atomic E-state index is 5.21. The van der Waals surface area contributed by atoms with Gasteiger partial charge in [0.2, 0.25) is 5.95 Å². The van der Waals surface area contributed by atoms with E-state index in [-0.39, 0.29) is 0 Å². The van der Waals surface area contributed by atoms with Crippen molar-refractivity contribution in [2.75, 3.05) is 69.0 Å². The van der Waals surface area contributed by atoms with Gasteiger partial charge in [0.15, 0.2) is 0 Å². The number of nitrogens with zero attached hydrogens (tertiary/aromatic N) is 4. The van der Waals surface area contributed by atoms with Crippen LogP contribution in [0.2, 0.25) is 0 Å². The van der Waals surface area contributed by atoms with Crippen molar-refractivity contribution >= 4 is 33.9 Å². The van der Waals surface area contributed by atoms with Crippen LogP contribution in [0.5, 0.6) is 0 Å². The molecule has 3 aromatic carbocycles. The number of hydrogen-bond donors (Lipinski definition) is 2. The lowest BCUT2D eigenvalue weighted by atomic mass is 10.0. The summed E-state index contributed by atoms with van der Waals surface area (Å²) in [6.45, 7) is 5.98. The Kier molecular flexibility index (Phi) is 7.07. The molecule has 2 N–H and O–H groups in total. The molecule has 2 heterocycles. The first kappa shape index (κ1) is 23.1. The summed E-state index contributed by atoms with van der Waals surface area (Å²) in [6, 6.07) is 23.1. The van der Waals surface area contributed by atoms with E-state index in [1.54, 1.807) is 7.11 Å². The van der Waals surface area contributed by atoms with Gasteiger partial charge < -0.3 is 20.3 Å². The lowest BCUT2D eigenvalue weighted by molar-refractivity contribution is 0.144. The monoisotopic (exact) mass is 468 g/mol. The summed E-state index contributed by atoms with van der Waals surface area (Å²) >= 11 is 0. The maximum Gasteiger partial charge on any atom is 0.227 e. The molecule has 0 atom stereocenters. The van der Waals surface area contributed by atoms with Crippen LogP contribution < -0.4 is 15.5 Å². The van der Waals surface area contributed by atoms with Crippen LogP contribution in [0.25, 0.3) is 22.0 Å². The predicted molar refractivity (Wildman–Crippen MR) is 145 cm³/mol. The first-order valence-corrected chi connectivity index (χ1v) is 12.1. The van der Waals surface area contributed by atoms with Crippen LogP contribution in [0.4, 0.5) is 23.0 Å². The molecule has 180 valence electrons. The van der Waals surface area contributed by atoms with Crippen LogP contribution in [0.15, 0.2) is 72.9 Å². The highest BCUT2D eigenvalue weighted by Crippen LogP contribution is 2.30. The number of benzene rings is 3. The van der Waals surface area contributed by atoms with Gasteiger partial charge in [0.1, 0.15) is 0 Å². The molecule has 7 heteroatoms. The third-order valence-electron chi connectivity index (χ3n) is 6.55. The molecule has 0 radical (unpaired) electrons. The Hall–Kier alpha value is -3.68. The number of fused-ring (bicyclic) bond motifs is 1. The molecule has 0 unspecified atom stereocenters. The zero-order chi connectivity index (χ0) is 24.0. The number of methoxy groups -OCH3 is 1. The van der Waals surface area contributed by atoms with Gasteiger partial charge in [0, 0.05) is 81.1 Å². The second-order valence-corrected chi connectivity index (χ2v) is 8.76. The van der Waals surface area contributed by atoms with Gasteiger partial charge in [-0.25, -0.2) is 9.97 Å². The van der Waals surface area contributed by atoms with Gasteiger partial charge >= 0.3 is 0 Å². The van der Waals surface area contributed by atoms with Gasteiger partial charge in [-0.2, -0.15) is 0 Å². The maximum atomic E-state index is 5.21. The summed E-state index contributed by atoms with van der Waals surface area (Å²) in [7, 11) is 3.69. The highest BCUT2D eigenvalue weighted by molar-refractivity contribution is 5.94. The molecule has 35 heavy (non-hydrogen) atoms. The van der Waals surface area contributed by atoms with E-state index in [4.69, 9.17) is 9.72 Å². The SMILES string of the molecule is CNc1cccc(-c2cccc3cnc(Nc4ccc(N5CCN(CCOC)CC5)cc4)nc23)c1. The van der Waals surface area contributed by atoms with E-state index < -0.39 is 0 Å². The summed E-state index contributed by atoms with van der Waals surface area (Å²) in [5.41, 5.74) is 6.43. The Morgan fingerprint density at radius 3 is 2.49 bits per heavy atom. The smallest absolute Gasteiger partial charge is 0.227 e. The first-order valence-electron chi connectivity index (χ1n) is 12.1. The molecule has 4 aromatic rings. The quantitative estimate of drug-likeness (QED) is 0.383. The summed E-state index contributed by atoms with van der Waals surface area (Å²) in [5, 5.41) is 7.61. The molecule has 1 fully saturated rings. The molecule has 1 aliphatic rings. The van der Waals surface area contributed by atoms with Gasteiger partial charge in [-0.15, -0.1) is 0 Å². The van der Waals surface area contributed by atoms with Gasteiger partial charge in [0.25, 0.3) is 0 Å². The Bertz CT molecular complexity index is 1270. The highest BCUT2D eigenvalue weighted by Gasteiger charge is 2.17. The predicted octanol–water partition coefficient (Wildman–Crippen LogP) is 4.85. The number of rotatable bonds is 8. The topological polar surface area (TPSA) is 65.6 Å². The lowest BCUT2D eigenvalue weighted by Gasteiger charge is -2.36. The molecule has 5 rings (SSSR count). The average molecular weight is 469 g/mol. The summed E-state index contributed by atoms with van der Waals surface area (Å²) in [4.78, 5) is 14.3. The number of para-hydroxylation sites is 1. The fourth-order valence-corrected chi connectivity index (χ4v) is 4.53. The van der Waals surface area contributed by atoms with Crippen molar-refractivity contribution in [1.29, 1.82) is 0 Å². The minimum atomic E-state index is 0.592. The Morgan fingerprint density at radius 2 is 1.71 bits per heavy atom. The molecular weight excluding hydrogens is 436 g/mol. The molecule has 1 saturated heterocycles. The van der Waals surface area contributed by atoms with Crippen LogP contribution in [-0.2, 0) is 4.74 Å². The van der Waals surface area contributed by atoms with Crippen LogP contribution in [0.3, 0.4) is 0 Å². The fraction of sp³-hybridized carbons (Fsp3) is 0.286. The van der Waals surface area contributed by atoms with Crippen LogP contribution >= 0.6 is 0 Å². The Morgan fingerprint density at radius 1 is 0.914 bits per heavy atom. The highest BCUT2D eigenvalue weighted by atomic mass is 16.5. The summed E-state index contributed by atoms with van der Waals surface area (Å²) < 4.78 is 5.21. The van der Waals surface area contributed by atoms with Crippen molar-refractivity contribution < 1.29 is 4.74 Å². The molecule has 0 saturated carbocycles. The molecule has 0 bridgehead atoms. The van der Waals surface area contributed by atoms with Crippen molar-refractivity contribution in [3.05, 3.63) is 72.9 Å². The summed E-state index contributed by atoms with van der Waals surface area (Å²) in [5.74, 6) is 0.592. The standard InChI is InChI=1S/C28H32N6O/c1-29-24-7-3-5-21(19-24)26-8-4-6-22-20-30-28(32-27(22)26)31-23-9-11-25(12-10-23)34-15-13-33(14-16-34)17-18-35-2/h3-12,19-20,29H,13-18H2,1-2H3,(H,30,31,32). The van der Waals surface area contributed by atoms with E-state index in [1.165, 1.54) is 5.69 Å². The third-order valence-corrected chi connectivity index (χ3v) is 6.55. The molecule has 7 nitrogen and oxygen atoms in total. The molecule has 0 amide bonds. The van der Waals surface area contributed by atoms with Crippen LogP contribution in [0, 0.1) is 0 Å². The zero-order valence-corrected chi connectivity index (χ0v) is 20.4.